The molecule has 1 aromatic heterocycles. The van der Waals surface area contributed by atoms with Crippen molar-refractivity contribution in [2.24, 2.45) is 13.0 Å². The first-order valence-corrected chi connectivity index (χ1v) is 5.87. The molecule has 1 unspecified atom stereocenters. The Labute approximate surface area is 106 Å². The highest BCUT2D eigenvalue weighted by Crippen LogP contribution is 2.14. The molecule has 6 nitrogen and oxygen atoms in total. The third-order valence-corrected chi connectivity index (χ3v) is 2.73. The van der Waals surface area contributed by atoms with Crippen molar-refractivity contribution in [3.05, 3.63) is 17.5 Å². The summed E-state index contributed by atoms with van der Waals surface area (Å²) in [5.41, 5.74) is 1.28. The van der Waals surface area contributed by atoms with Crippen molar-refractivity contribution < 1.29 is 14.7 Å². The fraction of sp³-hybridized carbons (Fsp3) is 0.583. The lowest BCUT2D eigenvalue weighted by molar-refractivity contribution is -0.140. The molecule has 1 heterocycles. The normalized spacial score (nSPS) is 12.5. The lowest BCUT2D eigenvalue weighted by Crippen LogP contribution is -2.31. The zero-order chi connectivity index (χ0) is 13.9. The molecular weight excluding hydrogens is 234 g/mol. The van der Waals surface area contributed by atoms with E-state index in [1.807, 2.05) is 13.8 Å². The van der Waals surface area contributed by atoms with Gasteiger partial charge in [-0.3, -0.25) is 14.3 Å². The van der Waals surface area contributed by atoms with Crippen molar-refractivity contribution in [1.29, 1.82) is 0 Å². The van der Waals surface area contributed by atoms with Crippen LogP contribution >= 0.6 is 0 Å². The number of hydrogen-bond donors (Lipinski definition) is 2. The van der Waals surface area contributed by atoms with Gasteiger partial charge in [-0.05, 0) is 12.0 Å². The minimum absolute atomic E-state index is 0.0990. The molecule has 0 radical (unpaired) electrons. The summed E-state index contributed by atoms with van der Waals surface area (Å²) in [7, 11) is 1.78. The molecule has 1 rings (SSSR count). The van der Waals surface area contributed by atoms with E-state index in [4.69, 9.17) is 5.11 Å². The lowest BCUT2D eigenvalue weighted by atomic mass is 10.1. The molecule has 1 amide bonds. The van der Waals surface area contributed by atoms with Gasteiger partial charge in [-0.25, -0.2) is 0 Å². The van der Waals surface area contributed by atoms with Crippen LogP contribution in [0.1, 0.15) is 42.9 Å². The van der Waals surface area contributed by atoms with Crippen molar-refractivity contribution in [1.82, 2.24) is 15.1 Å². The van der Waals surface area contributed by atoms with Crippen LogP contribution < -0.4 is 5.32 Å². The van der Waals surface area contributed by atoms with Crippen LogP contribution in [0.2, 0.25) is 0 Å². The van der Waals surface area contributed by atoms with Crippen LogP contribution in [0, 0.1) is 5.92 Å². The number of carboxylic acid groups (broad SMARTS) is 1. The zero-order valence-electron chi connectivity index (χ0n) is 11.1. The van der Waals surface area contributed by atoms with Gasteiger partial charge in [0.15, 0.2) is 0 Å². The second-order valence-electron chi connectivity index (χ2n) is 4.68. The molecule has 0 bridgehead atoms. The Kier molecular flexibility index (Phi) is 4.47. The van der Waals surface area contributed by atoms with E-state index in [9.17, 15) is 9.59 Å². The summed E-state index contributed by atoms with van der Waals surface area (Å²) >= 11 is 0. The van der Waals surface area contributed by atoms with Crippen molar-refractivity contribution in [2.75, 3.05) is 6.54 Å². The van der Waals surface area contributed by atoms with Gasteiger partial charge in [-0.1, -0.05) is 20.8 Å². The number of aromatic nitrogens is 2. The van der Waals surface area contributed by atoms with Gasteiger partial charge in [0.1, 0.15) is 5.69 Å². The fourth-order valence-electron chi connectivity index (χ4n) is 1.56. The highest BCUT2D eigenvalue weighted by Gasteiger charge is 2.17. The van der Waals surface area contributed by atoms with Crippen molar-refractivity contribution in [2.45, 2.75) is 26.7 Å². The molecule has 1 aromatic rings. The summed E-state index contributed by atoms with van der Waals surface area (Å²) in [6.45, 7) is 5.68. The molecular formula is C12H19N3O3. The first kappa shape index (κ1) is 14.2. The van der Waals surface area contributed by atoms with Gasteiger partial charge in [0, 0.05) is 19.3 Å². The highest BCUT2D eigenvalue weighted by molar-refractivity contribution is 5.92. The Bertz CT molecular complexity index is 451. The third kappa shape index (κ3) is 3.32. The lowest BCUT2D eigenvalue weighted by Gasteiger charge is -2.06. The largest absolute Gasteiger partial charge is 0.481 e. The van der Waals surface area contributed by atoms with E-state index in [0.717, 1.165) is 5.69 Å². The molecule has 0 aliphatic heterocycles. The van der Waals surface area contributed by atoms with E-state index >= 15 is 0 Å². The minimum atomic E-state index is -0.931. The number of rotatable bonds is 5. The summed E-state index contributed by atoms with van der Waals surface area (Å²) in [5, 5.41) is 15.4. The van der Waals surface area contributed by atoms with Gasteiger partial charge < -0.3 is 10.4 Å². The monoisotopic (exact) mass is 253 g/mol. The summed E-state index contributed by atoms with van der Waals surface area (Å²) in [4.78, 5) is 22.4. The molecule has 0 aromatic carbocycles. The minimum Gasteiger partial charge on any atom is -0.481 e. The molecule has 0 aliphatic rings. The Morgan fingerprint density at radius 1 is 1.44 bits per heavy atom. The predicted molar refractivity (Wildman–Crippen MR) is 66.4 cm³/mol. The maximum atomic E-state index is 11.8. The average molecular weight is 253 g/mol. The Hall–Kier alpha value is -1.85. The number of carbonyl (C=O) groups is 2. The predicted octanol–water partition coefficient (Wildman–Crippen LogP) is 0.994. The second kappa shape index (κ2) is 5.66. The molecule has 0 fully saturated rings. The Morgan fingerprint density at radius 3 is 2.50 bits per heavy atom. The van der Waals surface area contributed by atoms with Crippen molar-refractivity contribution >= 4 is 11.9 Å². The van der Waals surface area contributed by atoms with E-state index in [1.165, 1.54) is 0 Å². The molecule has 0 saturated heterocycles. The van der Waals surface area contributed by atoms with Crippen LogP contribution in [0.15, 0.2) is 6.07 Å². The third-order valence-electron chi connectivity index (χ3n) is 2.73. The van der Waals surface area contributed by atoms with E-state index in [1.54, 1.807) is 24.7 Å². The van der Waals surface area contributed by atoms with Gasteiger partial charge >= 0.3 is 5.97 Å². The maximum absolute atomic E-state index is 11.8. The molecule has 100 valence electrons. The number of aliphatic carboxylic acids is 1. The standard InChI is InChI=1S/C12H19N3O3/c1-7(2)10-5-9(14-15(10)4)11(16)13-6-8(3)12(17)18/h5,7-8H,6H2,1-4H3,(H,13,16)(H,17,18). The molecule has 0 spiro atoms. The first-order valence-electron chi connectivity index (χ1n) is 5.87. The average Bonchev–Trinajstić information content (AvgIpc) is 2.67. The number of nitrogens with one attached hydrogen (secondary N) is 1. The van der Waals surface area contributed by atoms with Crippen LogP contribution in [0.25, 0.3) is 0 Å². The van der Waals surface area contributed by atoms with Crippen LogP contribution in [0.5, 0.6) is 0 Å². The number of carboxylic acids is 1. The Morgan fingerprint density at radius 2 is 2.06 bits per heavy atom. The Balaban J connectivity index is 2.68. The van der Waals surface area contributed by atoms with E-state index in [-0.39, 0.29) is 18.4 Å². The number of hydrogen-bond acceptors (Lipinski definition) is 3. The molecule has 1 atom stereocenters. The van der Waals surface area contributed by atoms with Gasteiger partial charge in [-0.15, -0.1) is 0 Å². The molecule has 0 saturated carbocycles. The van der Waals surface area contributed by atoms with Crippen LogP contribution in [0.3, 0.4) is 0 Å². The quantitative estimate of drug-likeness (QED) is 0.819. The van der Waals surface area contributed by atoms with Crippen molar-refractivity contribution in [3.8, 4) is 0 Å². The van der Waals surface area contributed by atoms with E-state index < -0.39 is 11.9 Å². The van der Waals surface area contributed by atoms with Gasteiger partial charge in [-0.2, -0.15) is 5.10 Å². The summed E-state index contributed by atoms with van der Waals surface area (Å²) in [5.74, 6) is -1.60. The van der Waals surface area contributed by atoms with Gasteiger partial charge in [0.25, 0.3) is 5.91 Å². The zero-order valence-corrected chi connectivity index (χ0v) is 11.1. The number of nitrogens with zero attached hydrogens (tertiary/aromatic N) is 2. The number of aryl methyl sites for hydroxylation is 1. The molecule has 6 heteroatoms. The smallest absolute Gasteiger partial charge is 0.308 e. The molecule has 2 N–H and O–H groups in total. The highest BCUT2D eigenvalue weighted by atomic mass is 16.4. The van der Waals surface area contributed by atoms with Crippen molar-refractivity contribution in [3.63, 3.8) is 0 Å². The SMILES string of the molecule is CC(CNC(=O)c1cc(C(C)C)n(C)n1)C(=O)O. The fourth-order valence-corrected chi connectivity index (χ4v) is 1.56. The summed E-state index contributed by atoms with van der Waals surface area (Å²) in [6, 6.07) is 1.73. The van der Waals surface area contributed by atoms with E-state index in [2.05, 4.69) is 10.4 Å². The molecule has 0 aliphatic carbocycles. The molecule has 18 heavy (non-hydrogen) atoms. The number of carbonyl (C=O) groups excluding carboxylic acids is 1. The van der Waals surface area contributed by atoms with Crippen LogP contribution in [0.4, 0.5) is 0 Å². The van der Waals surface area contributed by atoms with Crippen LogP contribution in [-0.4, -0.2) is 33.3 Å². The van der Waals surface area contributed by atoms with Crippen LogP contribution in [-0.2, 0) is 11.8 Å². The second-order valence-corrected chi connectivity index (χ2v) is 4.68. The van der Waals surface area contributed by atoms with E-state index in [0.29, 0.717) is 5.69 Å². The topological polar surface area (TPSA) is 84.2 Å². The van der Waals surface area contributed by atoms with Gasteiger partial charge in [0.05, 0.1) is 5.92 Å². The summed E-state index contributed by atoms with van der Waals surface area (Å²) < 4.78 is 1.67. The number of amides is 1. The first-order chi connectivity index (χ1) is 8.32. The maximum Gasteiger partial charge on any atom is 0.308 e. The summed E-state index contributed by atoms with van der Waals surface area (Å²) in [6.07, 6.45) is 0. The van der Waals surface area contributed by atoms with Gasteiger partial charge in [0.2, 0.25) is 0 Å².